The molecule has 0 spiro atoms. The second-order valence-corrected chi connectivity index (χ2v) is 8.53. The van der Waals surface area contributed by atoms with E-state index in [0.717, 1.165) is 31.9 Å². The Balaban J connectivity index is 0.000000109. The van der Waals surface area contributed by atoms with E-state index in [0.29, 0.717) is 0 Å². The Morgan fingerprint density at radius 3 is 2.63 bits per heavy atom. The Morgan fingerprint density at radius 2 is 1.77 bits per heavy atom. The number of pyridine rings is 3. The Kier molecular flexibility index (Phi) is 7.69. The van der Waals surface area contributed by atoms with Crippen molar-refractivity contribution >= 4 is 17.4 Å². The molecule has 6 heterocycles. The van der Waals surface area contributed by atoms with Crippen molar-refractivity contribution < 1.29 is 4.74 Å². The molecule has 0 unspecified atom stereocenters. The Morgan fingerprint density at radius 1 is 0.867 bits per heavy atom. The lowest BCUT2D eigenvalue weighted by atomic mass is 10.1. The monoisotopic (exact) mass is 420 g/mol. The van der Waals surface area contributed by atoms with Crippen molar-refractivity contribution in [2.75, 3.05) is 24.2 Å². The topological polar surface area (TPSA) is 59.9 Å². The lowest BCUT2D eigenvalue weighted by Gasteiger charge is -2.16. The summed E-state index contributed by atoms with van der Waals surface area (Å²) < 4.78 is 5.27. The number of fused-ring (bicyclic) bond motifs is 3. The first-order chi connectivity index (χ1) is 14.9. The minimum Gasteiger partial charge on any atom is -0.385 e. The van der Waals surface area contributed by atoms with Gasteiger partial charge in [0.1, 0.15) is 0 Å². The average molecular weight is 421 g/mol. The van der Waals surface area contributed by atoms with Crippen molar-refractivity contribution in [1.82, 2.24) is 15.0 Å². The summed E-state index contributed by atoms with van der Waals surface area (Å²) in [4.78, 5) is 12.4. The van der Waals surface area contributed by atoms with Gasteiger partial charge in [-0.05, 0) is 71.9 Å². The van der Waals surface area contributed by atoms with E-state index in [1.165, 1.54) is 58.7 Å². The summed E-state index contributed by atoms with van der Waals surface area (Å²) in [6.07, 6.45) is 14.0. The number of aromatic nitrogens is 3. The third-order valence-electron chi connectivity index (χ3n) is 5.36. The highest BCUT2D eigenvalue weighted by atomic mass is 32.2. The first-order valence-corrected chi connectivity index (χ1v) is 11.7. The van der Waals surface area contributed by atoms with Crippen LogP contribution < -0.4 is 5.32 Å². The quantitative estimate of drug-likeness (QED) is 0.579. The highest BCUT2D eigenvalue weighted by Gasteiger charge is 2.08. The number of nitrogens with one attached hydrogen (secondary N) is 1. The molecular formula is C24H28N4OS. The zero-order valence-electron chi connectivity index (χ0n) is 17.2. The fourth-order valence-corrected chi connectivity index (χ4v) is 4.63. The van der Waals surface area contributed by atoms with Crippen LogP contribution in [-0.2, 0) is 36.4 Å². The van der Waals surface area contributed by atoms with E-state index in [1.807, 2.05) is 60.9 Å². The first kappa shape index (κ1) is 20.8. The zero-order valence-corrected chi connectivity index (χ0v) is 18.0. The minimum atomic E-state index is 0.762. The number of anilines is 1. The molecule has 6 rings (SSSR count). The van der Waals surface area contributed by atoms with Crippen molar-refractivity contribution in [2.45, 2.75) is 38.0 Å². The van der Waals surface area contributed by atoms with Crippen molar-refractivity contribution in [1.29, 1.82) is 0 Å². The smallest absolute Gasteiger partial charge is 0.0720 e. The standard InChI is InChI=1S/C8H10N2.C8H9NO.C8H9NS/c1-2-7-6-9-5-3-8(7)10-4-1;1-3-9-5-7-2-4-10-6-8(1)7;1-2-7-3-5-10-6-8(7)9-4-1/h3,5-6,10H,1-2,4H2;1,3,5H,2,4,6H2;1-2,4H,3,5-6H2. The molecule has 0 radical (unpaired) electrons. The summed E-state index contributed by atoms with van der Waals surface area (Å²) in [5.74, 6) is 2.37. The van der Waals surface area contributed by atoms with E-state index in [-0.39, 0.29) is 0 Å². The first-order valence-electron chi connectivity index (χ1n) is 10.6. The van der Waals surface area contributed by atoms with Crippen molar-refractivity contribution in [3.63, 3.8) is 0 Å². The van der Waals surface area contributed by atoms with Gasteiger partial charge >= 0.3 is 0 Å². The van der Waals surface area contributed by atoms with Gasteiger partial charge in [0.25, 0.3) is 0 Å². The number of hydrogen-bond acceptors (Lipinski definition) is 6. The summed E-state index contributed by atoms with van der Waals surface area (Å²) in [5, 5.41) is 3.32. The van der Waals surface area contributed by atoms with Crippen LogP contribution in [0.1, 0.15) is 34.4 Å². The predicted octanol–water partition coefficient (Wildman–Crippen LogP) is 4.46. The molecule has 0 saturated heterocycles. The van der Waals surface area contributed by atoms with Gasteiger partial charge in [0.05, 0.1) is 18.9 Å². The third-order valence-corrected chi connectivity index (χ3v) is 6.33. The maximum Gasteiger partial charge on any atom is 0.0720 e. The molecular weight excluding hydrogens is 392 g/mol. The fourth-order valence-electron chi connectivity index (χ4n) is 3.67. The van der Waals surface area contributed by atoms with Crippen molar-refractivity contribution in [3.8, 4) is 0 Å². The van der Waals surface area contributed by atoms with E-state index < -0.39 is 0 Å². The predicted molar refractivity (Wildman–Crippen MR) is 123 cm³/mol. The molecule has 0 saturated carbocycles. The molecule has 3 aliphatic heterocycles. The SMILES string of the molecule is c1cc2c(cn1)CCCN2.c1cc2c(cn1)CCOC2.c1cnc2c(c1)CCSC2. The van der Waals surface area contributed by atoms with E-state index in [1.54, 1.807) is 0 Å². The molecule has 3 aromatic heterocycles. The van der Waals surface area contributed by atoms with Gasteiger partial charge in [0.15, 0.2) is 0 Å². The molecule has 6 heteroatoms. The van der Waals surface area contributed by atoms with E-state index in [4.69, 9.17) is 4.74 Å². The van der Waals surface area contributed by atoms with E-state index in [9.17, 15) is 0 Å². The molecule has 1 N–H and O–H groups in total. The highest BCUT2D eigenvalue weighted by molar-refractivity contribution is 7.98. The number of nitrogens with zero attached hydrogens (tertiary/aromatic N) is 3. The normalized spacial score (nSPS) is 16.1. The third kappa shape index (κ3) is 5.80. The van der Waals surface area contributed by atoms with Crippen LogP contribution in [-0.4, -0.2) is 33.9 Å². The molecule has 0 bridgehead atoms. The fraction of sp³-hybridized carbons (Fsp3) is 0.375. The largest absolute Gasteiger partial charge is 0.385 e. The number of rotatable bonds is 0. The Hall–Kier alpha value is -2.44. The van der Waals surface area contributed by atoms with Gasteiger partial charge in [-0.15, -0.1) is 0 Å². The molecule has 0 fully saturated rings. The molecule has 3 aliphatic rings. The summed E-state index contributed by atoms with van der Waals surface area (Å²) >= 11 is 1.98. The molecule has 3 aromatic rings. The van der Waals surface area contributed by atoms with Gasteiger partial charge in [-0.1, -0.05) is 6.07 Å². The molecule has 5 nitrogen and oxygen atoms in total. The maximum absolute atomic E-state index is 5.27. The van der Waals surface area contributed by atoms with Crippen LogP contribution >= 0.6 is 11.8 Å². The van der Waals surface area contributed by atoms with Crippen LogP contribution in [0.5, 0.6) is 0 Å². The molecule has 0 atom stereocenters. The number of thioether (sulfide) groups is 1. The van der Waals surface area contributed by atoms with Gasteiger partial charge in [-0.3, -0.25) is 15.0 Å². The second-order valence-electron chi connectivity index (χ2n) is 7.42. The molecule has 30 heavy (non-hydrogen) atoms. The Labute approximate surface area is 182 Å². The summed E-state index contributed by atoms with van der Waals surface area (Å²) in [5.41, 5.74) is 7.99. The van der Waals surface area contributed by atoms with Crippen LogP contribution in [0.2, 0.25) is 0 Å². The summed E-state index contributed by atoms with van der Waals surface area (Å²) in [6, 6.07) is 8.26. The van der Waals surface area contributed by atoms with Gasteiger partial charge < -0.3 is 10.1 Å². The molecule has 0 amide bonds. The minimum absolute atomic E-state index is 0.762. The molecule has 156 valence electrons. The van der Waals surface area contributed by atoms with Crippen LogP contribution in [0, 0.1) is 0 Å². The van der Waals surface area contributed by atoms with Crippen molar-refractivity contribution in [3.05, 3.63) is 83.2 Å². The average Bonchev–Trinajstić information content (AvgIpc) is 2.85. The second kappa shape index (κ2) is 11.1. The van der Waals surface area contributed by atoms with Crippen LogP contribution in [0.15, 0.2) is 55.2 Å². The van der Waals surface area contributed by atoms with Gasteiger partial charge in [-0.2, -0.15) is 11.8 Å². The number of hydrogen-bond donors (Lipinski definition) is 1. The highest BCUT2D eigenvalue weighted by Crippen LogP contribution is 2.21. The van der Waals surface area contributed by atoms with Gasteiger partial charge in [0.2, 0.25) is 0 Å². The lowest BCUT2D eigenvalue weighted by Crippen LogP contribution is -2.11. The maximum atomic E-state index is 5.27. The van der Waals surface area contributed by atoms with Gasteiger partial charge in [-0.25, -0.2) is 0 Å². The number of ether oxygens (including phenoxy) is 1. The molecule has 0 aliphatic carbocycles. The van der Waals surface area contributed by atoms with Crippen LogP contribution in [0.4, 0.5) is 5.69 Å². The van der Waals surface area contributed by atoms with Crippen LogP contribution in [0.25, 0.3) is 0 Å². The van der Waals surface area contributed by atoms with Gasteiger partial charge in [0, 0.05) is 49.0 Å². The van der Waals surface area contributed by atoms with Crippen molar-refractivity contribution in [2.24, 2.45) is 0 Å². The number of aryl methyl sites for hydroxylation is 2. The Bertz CT molecular complexity index is 752. The summed E-state index contributed by atoms with van der Waals surface area (Å²) in [7, 11) is 0. The molecule has 0 aromatic carbocycles. The van der Waals surface area contributed by atoms with E-state index >= 15 is 0 Å². The van der Waals surface area contributed by atoms with Crippen LogP contribution in [0.3, 0.4) is 0 Å². The zero-order chi connectivity index (χ0) is 20.4. The lowest BCUT2D eigenvalue weighted by molar-refractivity contribution is 0.110. The summed E-state index contributed by atoms with van der Waals surface area (Å²) in [6.45, 7) is 2.72. The van der Waals surface area contributed by atoms with E-state index in [2.05, 4.69) is 26.3 Å².